The molecule has 0 aliphatic rings. The third-order valence-corrected chi connectivity index (χ3v) is 2.14. The van der Waals surface area contributed by atoms with Gasteiger partial charge in [-0.1, -0.05) is 31.5 Å². The van der Waals surface area contributed by atoms with Gasteiger partial charge in [-0.3, -0.25) is 0 Å². The number of aromatic nitrogens is 1. The average Bonchev–Trinajstić information content (AvgIpc) is 2.07. The number of rotatable bonds is 4. The molecule has 0 saturated heterocycles. The van der Waals surface area contributed by atoms with Gasteiger partial charge in [0.15, 0.2) is 0 Å². The fourth-order valence-corrected chi connectivity index (χ4v) is 1.61. The zero-order valence-corrected chi connectivity index (χ0v) is 9.75. The number of halogens is 1. The van der Waals surface area contributed by atoms with Gasteiger partial charge in [-0.05, 0) is 24.6 Å². The fraction of sp³-hybridized carbons (Fsp3) is 0.545. The summed E-state index contributed by atoms with van der Waals surface area (Å²) in [7, 11) is 2.12. The maximum absolute atomic E-state index is 5.71. The molecule has 0 atom stereocenters. The van der Waals surface area contributed by atoms with Gasteiger partial charge in [-0.25, -0.2) is 4.98 Å². The molecule has 1 aromatic heterocycles. The molecular formula is C11H17ClN2. The quantitative estimate of drug-likeness (QED) is 0.714. The van der Waals surface area contributed by atoms with Crippen molar-refractivity contribution in [3.05, 3.63) is 29.0 Å². The molecule has 0 radical (unpaired) electrons. The van der Waals surface area contributed by atoms with E-state index in [4.69, 9.17) is 11.6 Å². The van der Waals surface area contributed by atoms with Crippen LogP contribution in [0.1, 0.15) is 19.4 Å². The summed E-state index contributed by atoms with van der Waals surface area (Å²) in [5, 5.41) is 0.556. The molecule has 78 valence electrons. The van der Waals surface area contributed by atoms with Gasteiger partial charge in [0, 0.05) is 19.3 Å². The normalized spacial score (nSPS) is 11.3. The van der Waals surface area contributed by atoms with Crippen molar-refractivity contribution in [2.75, 3.05) is 13.6 Å². The Morgan fingerprint density at radius 3 is 2.64 bits per heavy atom. The largest absolute Gasteiger partial charge is 0.302 e. The van der Waals surface area contributed by atoms with Crippen molar-refractivity contribution < 1.29 is 0 Å². The molecule has 3 heteroatoms. The Morgan fingerprint density at radius 1 is 1.43 bits per heavy atom. The second kappa shape index (κ2) is 5.32. The van der Waals surface area contributed by atoms with Crippen LogP contribution in [0.2, 0.25) is 5.15 Å². The van der Waals surface area contributed by atoms with E-state index in [0.717, 1.165) is 13.1 Å². The molecule has 1 heterocycles. The lowest BCUT2D eigenvalue weighted by Crippen LogP contribution is -2.22. The van der Waals surface area contributed by atoms with E-state index < -0.39 is 0 Å². The smallest absolute Gasteiger partial charge is 0.129 e. The highest BCUT2D eigenvalue weighted by atomic mass is 35.5. The second-order valence-corrected chi connectivity index (χ2v) is 4.47. The van der Waals surface area contributed by atoms with E-state index in [1.54, 1.807) is 0 Å². The van der Waals surface area contributed by atoms with Gasteiger partial charge in [-0.15, -0.1) is 0 Å². The number of hydrogen-bond donors (Lipinski definition) is 0. The van der Waals surface area contributed by atoms with E-state index in [9.17, 15) is 0 Å². The molecule has 0 saturated carbocycles. The molecule has 14 heavy (non-hydrogen) atoms. The molecule has 0 unspecified atom stereocenters. The molecule has 0 aliphatic carbocycles. The Bertz CT molecular complexity index is 269. The Kier molecular flexibility index (Phi) is 4.36. The minimum Gasteiger partial charge on any atom is -0.302 e. The number of pyridine rings is 1. The van der Waals surface area contributed by atoms with Crippen molar-refractivity contribution in [3.63, 3.8) is 0 Å². The van der Waals surface area contributed by atoms with Gasteiger partial charge in [0.2, 0.25) is 0 Å². The van der Waals surface area contributed by atoms with Gasteiger partial charge < -0.3 is 4.90 Å². The second-order valence-electron chi connectivity index (χ2n) is 4.08. The molecule has 0 N–H and O–H groups in total. The summed E-state index contributed by atoms with van der Waals surface area (Å²) in [5.41, 5.74) is 1.21. The van der Waals surface area contributed by atoms with Crippen molar-refractivity contribution >= 4 is 11.6 Å². The van der Waals surface area contributed by atoms with E-state index in [1.165, 1.54) is 5.56 Å². The monoisotopic (exact) mass is 212 g/mol. The van der Waals surface area contributed by atoms with Crippen LogP contribution >= 0.6 is 11.6 Å². The molecule has 0 spiro atoms. The van der Waals surface area contributed by atoms with Crippen molar-refractivity contribution in [2.24, 2.45) is 5.92 Å². The molecule has 0 amide bonds. The highest BCUT2D eigenvalue weighted by molar-refractivity contribution is 6.29. The van der Waals surface area contributed by atoms with Crippen molar-refractivity contribution in [2.45, 2.75) is 20.4 Å². The van der Waals surface area contributed by atoms with Crippen LogP contribution in [-0.2, 0) is 6.54 Å². The highest BCUT2D eigenvalue weighted by Crippen LogP contribution is 2.08. The molecule has 0 bridgehead atoms. The third-order valence-electron chi connectivity index (χ3n) is 1.92. The lowest BCUT2D eigenvalue weighted by molar-refractivity contribution is 0.288. The SMILES string of the molecule is CC(C)CN(C)Cc1ccc(Cl)nc1. The van der Waals surface area contributed by atoms with Crippen LogP contribution in [0.4, 0.5) is 0 Å². The van der Waals surface area contributed by atoms with E-state index in [-0.39, 0.29) is 0 Å². The van der Waals surface area contributed by atoms with Gasteiger partial charge in [0.1, 0.15) is 5.15 Å². The van der Waals surface area contributed by atoms with Crippen LogP contribution in [0.5, 0.6) is 0 Å². The molecule has 1 aromatic rings. The summed E-state index contributed by atoms with van der Waals surface area (Å²) < 4.78 is 0. The Labute approximate surface area is 90.9 Å². The fourth-order valence-electron chi connectivity index (χ4n) is 1.50. The predicted octanol–water partition coefficient (Wildman–Crippen LogP) is 2.82. The number of nitrogens with zero attached hydrogens (tertiary/aromatic N) is 2. The molecule has 2 nitrogen and oxygen atoms in total. The molecular weight excluding hydrogens is 196 g/mol. The Balaban J connectivity index is 2.47. The highest BCUT2D eigenvalue weighted by Gasteiger charge is 2.02. The summed E-state index contributed by atoms with van der Waals surface area (Å²) in [6.45, 7) is 6.47. The first kappa shape index (κ1) is 11.5. The molecule has 1 rings (SSSR count). The lowest BCUT2D eigenvalue weighted by atomic mass is 10.2. The van der Waals surface area contributed by atoms with E-state index in [0.29, 0.717) is 11.1 Å². The summed E-state index contributed by atoms with van der Waals surface area (Å²) in [4.78, 5) is 6.34. The standard InChI is InChI=1S/C11H17ClN2/c1-9(2)7-14(3)8-10-4-5-11(12)13-6-10/h4-6,9H,7-8H2,1-3H3. The third kappa shape index (κ3) is 4.07. The van der Waals surface area contributed by atoms with Crippen LogP contribution in [0.15, 0.2) is 18.3 Å². The van der Waals surface area contributed by atoms with Crippen LogP contribution in [-0.4, -0.2) is 23.5 Å². The van der Waals surface area contributed by atoms with Gasteiger partial charge in [0.25, 0.3) is 0 Å². The topological polar surface area (TPSA) is 16.1 Å². The van der Waals surface area contributed by atoms with Crippen LogP contribution < -0.4 is 0 Å². The first-order valence-electron chi connectivity index (χ1n) is 4.87. The molecule has 0 aromatic carbocycles. The zero-order chi connectivity index (χ0) is 10.6. The van der Waals surface area contributed by atoms with Gasteiger partial charge in [0.05, 0.1) is 0 Å². The summed E-state index contributed by atoms with van der Waals surface area (Å²) >= 11 is 5.71. The maximum atomic E-state index is 5.71. The van der Waals surface area contributed by atoms with Crippen molar-refractivity contribution in [1.82, 2.24) is 9.88 Å². The van der Waals surface area contributed by atoms with E-state index in [1.807, 2.05) is 18.3 Å². The molecule has 0 fully saturated rings. The maximum Gasteiger partial charge on any atom is 0.129 e. The van der Waals surface area contributed by atoms with Crippen LogP contribution in [0, 0.1) is 5.92 Å². The minimum absolute atomic E-state index is 0.556. The van der Waals surface area contributed by atoms with Crippen molar-refractivity contribution in [3.8, 4) is 0 Å². The number of hydrogen-bond acceptors (Lipinski definition) is 2. The van der Waals surface area contributed by atoms with Crippen molar-refractivity contribution in [1.29, 1.82) is 0 Å². The van der Waals surface area contributed by atoms with Crippen LogP contribution in [0.3, 0.4) is 0 Å². The summed E-state index contributed by atoms with van der Waals surface area (Å²) in [6, 6.07) is 3.85. The predicted molar refractivity (Wildman–Crippen MR) is 60.4 cm³/mol. The molecule has 0 aliphatic heterocycles. The van der Waals surface area contributed by atoms with Crippen LogP contribution in [0.25, 0.3) is 0 Å². The average molecular weight is 213 g/mol. The van der Waals surface area contributed by atoms with Gasteiger partial charge >= 0.3 is 0 Å². The Hall–Kier alpha value is -0.600. The minimum atomic E-state index is 0.556. The zero-order valence-electron chi connectivity index (χ0n) is 9.00. The van der Waals surface area contributed by atoms with Gasteiger partial charge in [-0.2, -0.15) is 0 Å². The Morgan fingerprint density at radius 2 is 2.14 bits per heavy atom. The first-order chi connectivity index (χ1) is 6.58. The first-order valence-corrected chi connectivity index (χ1v) is 5.24. The summed E-state index contributed by atoms with van der Waals surface area (Å²) in [5.74, 6) is 0.695. The van der Waals surface area contributed by atoms with E-state index in [2.05, 4.69) is 30.8 Å². The summed E-state index contributed by atoms with van der Waals surface area (Å²) in [6.07, 6.45) is 1.83. The lowest BCUT2D eigenvalue weighted by Gasteiger charge is -2.18. The van der Waals surface area contributed by atoms with E-state index >= 15 is 0 Å².